The van der Waals surface area contributed by atoms with Crippen LogP contribution >= 0.6 is 23.2 Å². The summed E-state index contributed by atoms with van der Waals surface area (Å²) < 4.78 is 14.3. The van der Waals surface area contributed by atoms with Gasteiger partial charge in [-0.05, 0) is 35.4 Å². The van der Waals surface area contributed by atoms with E-state index in [1.807, 2.05) is 36.4 Å². The molecule has 2 aromatic heterocycles. The van der Waals surface area contributed by atoms with Crippen molar-refractivity contribution in [3.05, 3.63) is 93.2 Å². The van der Waals surface area contributed by atoms with E-state index in [4.69, 9.17) is 39.1 Å². The molecular weight excluding hydrogens is 475 g/mol. The van der Waals surface area contributed by atoms with E-state index < -0.39 is 0 Å². The number of nitrogens with zero attached hydrogens (tertiary/aromatic N) is 4. The quantitative estimate of drug-likeness (QED) is 0.263. The Balaban J connectivity index is 0.000000191. The zero-order valence-corrected chi connectivity index (χ0v) is 20.1. The molecule has 0 radical (unpaired) electrons. The molecule has 0 unspecified atom stereocenters. The van der Waals surface area contributed by atoms with Gasteiger partial charge in [-0.15, -0.1) is 6.42 Å². The topological polar surface area (TPSA) is 71.2 Å². The van der Waals surface area contributed by atoms with Crippen LogP contribution in [0.1, 0.15) is 27.0 Å². The number of carbonyl (C=O) groups is 1. The van der Waals surface area contributed by atoms with Crippen LogP contribution in [0, 0.1) is 12.3 Å². The number of hydrogen-bond acceptors (Lipinski definition) is 5. The van der Waals surface area contributed by atoms with Crippen LogP contribution in [-0.2, 0) is 27.3 Å². The molecule has 2 heterocycles. The molecule has 0 saturated heterocycles. The molecule has 0 aliphatic heterocycles. The van der Waals surface area contributed by atoms with Gasteiger partial charge in [-0.2, -0.15) is 10.2 Å². The van der Waals surface area contributed by atoms with Crippen molar-refractivity contribution in [3.63, 3.8) is 0 Å². The lowest BCUT2D eigenvalue weighted by Gasteiger charge is -2.07. The van der Waals surface area contributed by atoms with Gasteiger partial charge in [-0.1, -0.05) is 53.4 Å². The van der Waals surface area contributed by atoms with Gasteiger partial charge >= 0.3 is 0 Å². The first kappa shape index (κ1) is 24.9. The predicted molar refractivity (Wildman–Crippen MR) is 131 cm³/mol. The van der Waals surface area contributed by atoms with E-state index in [0.29, 0.717) is 46.1 Å². The van der Waals surface area contributed by atoms with E-state index in [9.17, 15) is 4.79 Å². The molecule has 174 valence electrons. The number of ether oxygens (including phenoxy) is 2. The molecule has 0 aliphatic carbocycles. The first-order valence-corrected chi connectivity index (χ1v) is 10.9. The third-order valence-corrected chi connectivity index (χ3v) is 5.16. The predicted octanol–water partition coefficient (Wildman–Crippen LogP) is 5.10. The van der Waals surface area contributed by atoms with Crippen LogP contribution in [0.3, 0.4) is 0 Å². The summed E-state index contributed by atoms with van der Waals surface area (Å²) in [5.41, 5.74) is 3.11. The molecule has 0 atom stereocenters. The normalized spacial score (nSPS) is 10.1. The van der Waals surface area contributed by atoms with Gasteiger partial charge in [0.25, 0.3) is 0 Å². The van der Waals surface area contributed by atoms with Crippen molar-refractivity contribution in [2.45, 2.75) is 13.2 Å². The Morgan fingerprint density at radius 3 is 1.82 bits per heavy atom. The number of halogens is 2. The number of terminal acetylenes is 1. The van der Waals surface area contributed by atoms with Crippen molar-refractivity contribution < 1.29 is 14.3 Å². The maximum absolute atomic E-state index is 10.7. The smallest absolute Gasteiger partial charge is 0.228 e. The van der Waals surface area contributed by atoms with Crippen molar-refractivity contribution in [1.29, 1.82) is 0 Å². The van der Waals surface area contributed by atoms with Crippen LogP contribution in [-0.4, -0.2) is 25.8 Å². The number of aromatic nitrogens is 4. The molecule has 0 fully saturated rings. The average Bonchev–Trinajstić information content (AvgIpc) is 3.39. The lowest BCUT2D eigenvalue weighted by atomic mass is 10.2. The second-order valence-corrected chi connectivity index (χ2v) is 7.98. The summed E-state index contributed by atoms with van der Waals surface area (Å²) >= 11 is 11.6. The summed E-state index contributed by atoms with van der Waals surface area (Å²) in [4.78, 5) is 10.7. The summed E-state index contributed by atoms with van der Waals surface area (Å²) in [5.74, 6) is 3.60. The number of aryl methyl sites for hydroxylation is 2. The molecule has 0 bridgehead atoms. The van der Waals surface area contributed by atoms with E-state index in [2.05, 4.69) is 16.1 Å². The summed E-state index contributed by atoms with van der Waals surface area (Å²) in [7, 11) is 3.52. The van der Waals surface area contributed by atoms with Crippen molar-refractivity contribution >= 4 is 29.5 Å². The van der Waals surface area contributed by atoms with E-state index in [1.165, 1.54) is 10.9 Å². The van der Waals surface area contributed by atoms with Crippen LogP contribution < -0.4 is 9.47 Å². The standard InChI is InChI=1S/C13H11ClN2O.C12H11ClN2O2/c1-3-11-8-15-16(2)13(11)17-9-10-4-6-12(14)7-5-10;1-15-12(10(7-16)6-14-15)17-8-9-2-4-11(13)5-3-9/h1,4-8H,9H2,2H3;2-7H,8H2,1H3. The molecule has 34 heavy (non-hydrogen) atoms. The Labute approximate surface area is 207 Å². The molecule has 4 aromatic rings. The maximum Gasteiger partial charge on any atom is 0.228 e. The minimum absolute atomic E-state index is 0.373. The third-order valence-electron chi connectivity index (χ3n) is 4.66. The molecule has 0 N–H and O–H groups in total. The number of benzene rings is 2. The van der Waals surface area contributed by atoms with Gasteiger partial charge in [0.15, 0.2) is 6.29 Å². The van der Waals surface area contributed by atoms with Gasteiger partial charge in [0, 0.05) is 24.1 Å². The molecule has 9 heteroatoms. The Kier molecular flexibility index (Phi) is 8.74. The van der Waals surface area contributed by atoms with Crippen LogP contribution in [0.2, 0.25) is 10.0 Å². The van der Waals surface area contributed by atoms with Gasteiger partial charge in [0.05, 0.1) is 18.0 Å². The molecule has 0 amide bonds. The molecule has 2 aromatic carbocycles. The molecule has 4 rings (SSSR count). The number of carbonyl (C=O) groups excluding carboxylic acids is 1. The summed E-state index contributed by atoms with van der Waals surface area (Å²) in [6, 6.07) is 14.8. The van der Waals surface area contributed by atoms with E-state index in [1.54, 1.807) is 37.1 Å². The summed E-state index contributed by atoms with van der Waals surface area (Å²) in [6.07, 6.45) is 9.16. The highest BCUT2D eigenvalue weighted by molar-refractivity contribution is 6.30. The first-order valence-electron chi connectivity index (χ1n) is 10.1. The zero-order chi connectivity index (χ0) is 24.5. The highest BCUT2D eigenvalue weighted by atomic mass is 35.5. The fourth-order valence-corrected chi connectivity index (χ4v) is 3.11. The van der Waals surface area contributed by atoms with Crippen molar-refractivity contribution in [1.82, 2.24) is 19.6 Å². The van der Waals surface area contributed by atoms with E-state index in [0.717, 1.165) is 17.4 Å². The number of rotatable bonds is 7. The molecule has 0 spiro atoms. The summed E-state index contributed by atoms with van der Waals surface area (Å²) in [6.45, 7) is 0.808. The number of hydrogen-bond donors (Lipinski definition) is 0. The van der Waals surface area contributed by atoms with Crippen LogP contribution in [0.5, 0.6) is 11.8 Å². The lowest BCUT2D eigenvalue weighted by Crippen LogP contribution is -2.02. The highest BCUT2D eigenvalue weighted by Crippen LogP contribution is 2.19. The summed E-state index contributed by atoms with van der Waals surface area (Å²) in [5, 5.41) is 9.39. The Morgan fingerprint density at radius 2 is 1.32 bits per heavy atom. The fourth-order valence-electron chi connectivity index (χ4n) is 2.86. The minimum atomic E-state index is 0.373. The van der Waals surface area contributed by atoms with Crippen molar-refractivity contribution in [2.24, 2.45) is 14.1 Å². The van der Waals surface area contributed by atoms with Crippen molar-refractivity contribution in [2.75, 3.05) is 0 Å². The van der Waals surface area contributed by atoms with E-state index >= 15 is 0 Å². The van der Waals surface area contributed by atoms with Gasteiger partial charge in [-0.3, -0.25) is 4.79 Å². The fraction of sp³-hybridized carbons (Fsp3) is 0.160. The first-order chi connectivity index (χ1) is 16.4. The molecule has 7 nitrogen and oxygen atoms in total. The Bertz CT molecular complexity index is 1270. The number of aldehydes is 1. The highest BCUT2D eigenvalue weighted by Gasteiger charge is 2.09. The average molecular weight is 497 g/mol. The Hall–Kier alpha value is -3.73. The molecule has 0 saturated carbocycles. The van der Waals surface area contributed by atoms with Crippen molar-refractivity contribution in [3.8, 4) is 24.1 Å². The third kappa shape index (κ3) is 6.64. The lowest BCUT2D eigenvalue weighted by molar-refractivity contribution is 0.111. The van der Waals surface area contributed by atoms with Gasteiger partial charge in [0.2, 0.25) is 11.8 Å². The SMILES string of the molecule is C#Cc1cnn(C)c1OCc1ccc(Cl)cc1.Cn1ncc(C=O)c1OCc1ccc(Cl)cc1. The van der Waals surface area contributed by atoms with E-state index in [-0.39, 0.29) is 0 Å². The monoisotopic (exact) mass is 496 g/mol. The van der Waals surface area contributed by atoms with Gasteiger partial charge in [0.1, 0.15) is 18.8 Å². The van der Waals surface area contributed by atoms with Crippen LogP contribution in [0.25, 0.3) is 0 Å². The second-order valence-electron chi connectivity index (χ2n) is 7.11. The zero-order valence-electron chi connectivity index (χ0n) is 18.6. The minimum Gasteiger partial charge on any atom is -0.472 e. The van der Waals surface area contributed by atoms with Gasteiger partial charge in [-0.25, -0.2) is 9.36 Å². The second kappa shape index (κ2) is 11.9. The van der Waals surface area contributed by atoms with Crippen LogP contribution in [0.15, 0.2) is 60.9 Å². The molecule has 0 aliphatic rings. The Morgan fingerprint density at radius 1 is 0.853 bits per heavy atom. The van der Waals surface area contributed by atoms with Crippen LogP contribution in [0.4, 0.5) is 0 Å². The largest absolute Gasteiger partial charge is 0.472 e. The van der Waals surface area contributed by atoms with Gasteiger partial charge < -0.3 is 9.47 Å². The molecular formula is C25H22Cl2N4O3. The maximum atomic E-state index is 10.7.